The van der Waals surface area contributed by atoms with Crippen molar-refractivity contribution >= 4 is 48.6 Å². The van der Waals surface area contributed by atoms with Crippen LogP contribution in [0.4, 0.5) is 0 Å². The maximum Gasteiger partial charge on any atom is 0.126 e. The van der Waals surface area contributed by atoms with Gasteiger partial charge in [0.05, 0.1) is 0 Å². The first-order valence-electron chi connectivity index (χ1n) is 12.4. The van der Waals surface area contributed by atoms with E-state index in [0.29, 0.717) is 5.75 Å². The Bertz CT molecular complexity index is 1310. The lowest BCUT2D eigenvalue weighted by Gasteiger charge is -2.27. The van der Waals surface area contributed by atoms with Crippen molar-refractivity contribution in [1.82, 2.24) is 0 Å². The lowest BCUT2D eigenvalue weighted by molar-refractivity contribution is 0.444. The quantitative estimate of drug-likeness (QED) is 0.182. The van der Waals surface area contributed by atoms with Crippen LogP contribution in [0.3, 0.4) is 0 Å². The van der Waals surface area contributed by atoms with Crippen LogP contribution in [0.15, 0.2) is 97.1 Å². The van der Waals surface area contributed by atoms with Crippen LogP contribution in [0.25, 0.3) is 0 Å². The molecule has 4 rings (SSSR count). The summed E-state index contributed by atoms with van der Waals surface area (Å²) in [6, 6.07) is 35.1. The van der Waals surface area contributed by atoms with Gasteiger partial charge in [0.25, 0.3) is 0 Å². The molecule has 1 N–H and O–H groups in total. The van der Waals surface area contributed by atoms with Gasteiger partial charge in [-0.3, -0.25) is 0 Å². The molecule has 0 atom stereocenters. The van der Waals surface area contributed by atoms with Gasteiger partial charge in [-0.2, -0.15) is 0 Å². The van der Waals surface area contributed by atoms with Gasteiger partial charge in [0.2, 0.25) is 0 Å². The van der Waals surface area contributed by atoms with Crippen molar-refractivity contribution < 1.29 is 5.11 Å². The monoisotopic (exact) mass is 606 g/mol. The van der Waals surface area contributed by atoms with E-state index in [2.05, 4.69) is 143 Å². The van der Waals surface area contributed by atoms with Crippen molar-refractivity contribution in [1.29, 1.82) is 0 Å². The van der Waals surface area contributed by atoms with Crippen molar-refractivity contribution in [3.05, 3.63) is 117 Å². The van der Waals surface area contributed by atoms with Gasteiger partial charge in [0.1, 0.15) is 5.75 Å². The van der Waals surface area contributed by atoms with Gasteiger partial charge in [-0.05, 0) is 56.4 Å². The summed E-state index contributed by atoms with van der Waals surface area (Å²) in [5.41, 5.74) is 3.15. The van der Waals surface area contributed by atoms with E-state index in [1.54, 1.807) is 0 Å². The van der Waals surface area contributed by atoms with E-state index in [9.17, 15) is 5.11 Å². The molecule has 1 nitrogen and oxygen atoms in total. The first-order chi connectivity index (χ1) is 17.1. The second kappa shape index (κ2) is 11.0. The number of hydrogen-bond donors (Lipinski definition) is 1. The predicted octanol–water partition coefficient (Wildman–Crippen LogP) is 7.74. The molecule has 0 saturated heterocycles. The van der Waals surface area contributed by atoms with Crippen LogP contribution >= 0.6 is 28.7 Å². The predicted molar refractivity (Wildman–Crippen MR) is 169 cm³/mol. The Kier molecular flexibility index (Phi) is 8.17. The van der Waals surface area contributed by atoms with Gasteiger partial charge in [0, 0.05) is 14.7 Å². The minimum Gasteiger partial charge on any atom is -0.507 e. The summed E-state index contributed by atoms with van der Waals surface area (Å²) < 4.78 is 3.73. The molecule has 0 saturated carbocycles. The smallest absolute Gasteiger partial charge is 0.126 e. The van der Waals surface area contributed by atoms with E-state index in [0.717, 1.165) is 11.1 Å². The molecule has 0 bridgehead atoms. The van der Waals surface area contributed by atoms with E-state index in [-0.39, 0.29) is 10.8 Å². The van der Waals surface area contributed by atoms with E-state index in [1.165, 1.54) is 25.0 Å². The highest BCUT2D eigenvalue weighted by Gasteiger charge is 2.24. The minimum atomic E-state index is -0.659. The van der Waals surface area contributed by atoms with Crippen LogP contribution in [0, 0.1) is 3.57 Å². The Morgan fingerprint density at radius 2 is 1.19 bits per heavy atom. The number of rotatable bonds is 5. The van der Waals surface area contributed by atoms with E-state index in [4.69, 9.17) is 0 Å². The van der Waals surface area contributed by atoms with Gasteiger partial charge in [-0.15, -0.1) is 0 Å². The highest BCUT2D eigenvalue weighted by Crippen LogP contribution is 2.39. The summed E-state index contributed by atoms with van der Waals surface area (Å²) >= 11 is -0.476. The van der Waals surface area contributed by atoms with Crippen LogP contribution in [0.1, 0.15) is 58.2 Å². The summed E-state index contributed by atoms with van der Waals surface area (Å²) in [5, 5.41) is 15.5. The standard InChI is InChI=1S/C33H36IOP/c1-32(2,3)25-21-24(31(35)28(22-25)33(4,5)6)23-34-29-19-13-14-20-30(29)36(26-15-9-7-10-16-26)27-17-11-8-12-18-27/h7-23,35H,1-6H3. The van der Waals surface area contributed by atoms with Crippen molar-refractivity contribution in [3.63, 3.8) is 0 Å². The third-order valence-corrected chi connectivity index (χ3v) is 11.7. The number of halogens is 1. The van der Waals surface area contributed by atoms with Crippen molar-refractivity contribution in [2.45, 2.75) is 52.4 Å². The number of phenolic OH excluding ortho intramolecular Hbond substituents is 1. The maximum absolute atomic E-state index is 11.3. The highest BCUT2D eigenvalue weighted by atomic mass is 127. The Morgan fingerprint density at radius 1 is 0.667 bits per heavy atom. The first-order valence-corrected chi connectivity index (χ1v) is 16.1. The number of hydrogen-bond acceptors (Lipinski definition) is 1. The lowest BCUT2D eigenvalue weighted by Crippen LogP contribution is -2.22. The first kappa shape index (κ1) is 26.8. The number of aromatic hydroxyl groups is 1. The SMILES string of the molecule is CC(C)(C)c1cc(C=Ic2ccccc2P(c2ccccc2)c2ccccc2)c(O)c(C(C)(C)C)c1. The van der Waals surface area contributed by atoms with Crippen LogP contribution < -0.4 is 15.9 Å². The van der Waals surface area contributed by atoms with Crippen LogP contribution in [-0.2, 0) is 10.8 Å². The molecule has 0 amide bonds. The summed E-state index contributed by atoms with van der Waals surface area (Å²) in [6.45, 7) is 13.3. The van der Waals surface area contributed by atoms with Crippen LogP contribution in [0.5, 0.6) is 5.75 Å². The molecule has 0 spiro atoms. The fourth-order valence-corrected chi connectivity index (χ4v) is 9.60. The third-order valence-electron chi connectivity index (χ3n) is 6.23. The Balaban J connectivity index is 1.85. The van der Waals surface area contributed by atoms with Gasteiger partial charge < -0.3 is 5.11 Å². The molecule has 186 valence electrons. The molecule has 0 aromatic heterocycles. The van der Waals surface area contributed by atoms with Crippen LogP contribution in [0.2, 0.25) is 0 Å². The second-order valence-electron chi connectivity index (χ2n) is 11.1. The summed E-state index contributed by atoms with van der Waals surface area (Å²) in [7, 11) is -0.659. The van der Waals surface area contributed by atoms with Crippen LogP contribution in [-0.4, -0.2) is 9.12 Å². The molecule has 0 radical (unpaired) electrons. The fraction of sp³-hybridized carbons (Fsp3) is 0.242. The van der Waals surface area contributed by atoms with Crippen molar-refractivity contribution in [3.8, 4) is 5.75 Å². The van der Waals surface area contributed by atoms with Crippen molar-refractivity contribution in [2.24, 2.45) is 0 Å². The molecule has 36 heavy (non-hydrogen) atoms. The fourth-order valence-electron chi connectivity index (χ4n) is 4.17. The molecule has 0 aliphatic rings. The number of phenols is 1. The third kappa shape index (κ3) is 6.15. The van der Waals surface area contributed by atoms with E-state index in [1.807, 2.05) is 0 Å². The summed E-state index contributed by atoms with van der Waals surface area (Å²) in [4.78, 5) is 0. The summed E-state index contributed by atoms with van der Waals surface area (Å²) in [6.07, 6.45) is 0. The molecular weight excluding hydrogens is 570 g/mol. The normalized spacial score (nSPS) is 12.6. The van der Waals surface area contributed by atoms with E-state index >= 15 is 0 Å². The average Bonchev–Trinajstić information content (AvgIpc) is 2.84. The zero-order valence-electron chi connectivity index (χ0n) is 22.1. The molecular formula is C33H36IOP. The minimum absolute atomic E-state index is 0.0153. The lowest BCUT2D eigenvalue weighted by atomic mass is 9.79. The second-order valence-corrected chi connectivity index (χ2v) is 15.7. The molecule has 0 heterocycles. The molecule has 4 aromatic carbocycles. The topological polar surface area (TPSA) is 20.2 Å². The largest absolute Gasteiger partial charge is 0.507 e. The van der Waals surface area contributed by atoms with Gasteiger partial charge in [0.15, 0.2) is 0 Å². The average molecular weight is 607 g/mol. The molecule has 0 aliphatic carbocycles. The Labute approximate surface area is 228 Å². The Morgan fingerprint density at radius 3 is 1.72 bits per heavy atom. The zero-order valence-corrected chi connectivity index (χ0v) is 25.1. The molecule has 0 unspecified atom stereocenters. The Hall–Kier alpha value is -2.29. The van der Waals surface area contributed by atoms with E-state index < -0.39 is 28.7 Å². The van der Waals surface area contributed by atoms with Crippen molar-refractivity contribution in [2.75, 3.05) is 0 Å². The molecule has 0 fully saturated rings. The van der Waals surface area contributed by atoms with Gasteiger partial charge >= 0.3 is 0 Å². The van der Waals surface area contributed by atoms with Gasteiger partial charge in [-0.1, -0.05) is 147 Å². The molecule has 0 aliphatic heterocycles. The highest BCUT2D eigenvalue weighted by molar-refractivity contribution is 14.2. The molecule has 3 heteroatoms. The zero-order chi connectivity index (χ0) is 25.9. The molecule has 4 aromatic rings. The maximum atomic E-state index is 11.3. The number of benzene rings is 4. The summed E-state index contributed by atoms with van der Waals surface area (Å²) in [5.74, 6) is 0.432. The van der Waals surface area contributed by atoms with Gasteiger partial charge in [-0.25, -0.2) is 0 Å².